The number of thioether (sulfide) groups is 1. The van der Waals surface area contributed by atoms with Crippen LogP contribution in [0.3, 0.4) is 0 Å². The van der Waals surface area contributed by atoms with Gasteiger partial charge in [-0.05, 0) is 37.5 Å². The van der Waals surface area contributed by atoms with Gasteiger partial charge < -0.3 is 0 Å². The molecule has 0 N–H and O–H groups in total. The van der Waals surface area contributed by atoms with Crippen LogP contribution < -0.4 is 0 Å². The van der Waals surface area contributed by atoms with Crippen LogP contribution in [-0.4, -0.2) is 9.49 Å². The lowest BCUT2D eigenvalue weighted by atomic mass is 9.84. The van der Waals surface area contributed by atoms with E-state index in [2.05, 4.69) is 67.2 Å². The molecule has 0 radical (unpaired) electrons. The number of hydrogen-bond donors (Lipinski definition) is 0. The molecule has 0 spiro atoms. The standard InChI is InChI=1S/C24H50S/c1-9-13-17-21(18-14-10-2)23(5,6)25-24(7,8)22(19-15-11-3)20-16-12-4/h21-22H,9-20H2,1-8H3. The second-order valence-corrected chi connectivity index (χ2v) is 11.6. The van der Waals surface area contributed by atoms with Gasteiger partial charge in [0.1, 0.15) is 0 Å². The summed E-state index contributed by atoms with van der Waals surface area (Å²) in [6.07, 6.45) is 16.6. The first-order chi connectivity index (χ1) is 11.7. The minimum absolute atomic E-state index is 0.393. The van der Waals surface area contributed by atoms with Crippen LogP contribution in [0.15, 0.2) is 0 Å². The Morgan fingerprint density at radius 2 is 0.760 bits per heavy atom. The molecule has 0 nitrogen and oxygen atoms in total. The quantitative estimate of drug-likeness (QED) is 0.261. The van der Waals surface area contributed by atoms with E-state index in [9.17, 15) is 0 Å². The molecule has 152 valence electrons. The first-order valence-corrected chi connectivity index (χ1v) is 12.3. The average molecular weight is 371 g/mol. The van der Waals surface area contributed by atoms with Crippen molar-refractivity contribution in [3.63, 3.8) is 0 Å². The van der Waals surface area contributed by atoms with E-state index in [1.54, 1.807) is 0 Å². The molecule has 25 heavy (non-hydrogen) atoms. The van der Waals surface area contributed by atoms with Gasteiger partial charge in [0.25, 0.3) is 0 Å². The summed E-state index contributed by atoms with van der Waals surface area (Å²) in [6.45, 7) is 19.5. The molecule has 0 aromatic heterocycles. The van der Waals surface area contributed by atoms with E-state index in [-0.39, 0.29) is 0 Å². The van der Waals surface area contributed by atoms with Gasteiger partial charge in [-0.2, -0.15) is 0 Å². The van der Waals surface area contributed by atoms with Crippen molar-refractivity contribution in [2.45, 2.75) is 142 Å². The van der Waals surface area contributed by atoms with E-state index < -0.39 is 0 Å². The lowest BCUT2D eigenvalue weighted by Crippen LogP contribution is -2.38. The van der Waals surface area contributed by atoms with Crippen molar-refractivity contribution in [2.24, 2.45) is 11.8 Å². The molecule has 0 aliphatic rings. The SMILES string of the molecule is CCCCC(CCCC)C(C)(C)SC(C)(C)C(CCCC)CCCC. The fourth-order valence-electron chi connectivity index (χ4n) is 4.33. The van der Waals surface area contributed by atoms with Crippen molar-refractivity contribution in [2.75, 3.05) is 0 Å². The first-order valence-electron chi connectivity index (χ1n) is 11.4. The van der Waals surface area contributed by atoms with Gasteiger partial charge >= 0.3 is 0 Å². The maximum absolute atomic E-state index is 2.55. The van der Waals surface area contributed by atoms with Crippen LogP contribution in [0.2, 0.25) is 0 Å². The lowest BCUT2D eigenvalue weighted by Gasteiger charge is -2.44. The first kappa shape index (κ1) is 25.4. The number of rotatable bonds is 16. The van der Waals surface area contributed by atoms with E-state index in [0.717, 1.165) is 11.8 Å². The molecular weight excluding hydrogens is 320 g/mol. The Kier molecular flexibility index (Phi) is 13.7. The summed E-state index contributed by atoms with van der Waals surface area (Å²) in [4.78, 5) is 0. The van der Waals surface area contributed by atoms with E-state index >= 15 is 0 Å². The molecular formula is C24H50S. The van der Waals surface area contributed by atoms with Gasteiger partial charge in [0, 0.05) is 9.49 Å². The Balaban J connectivity index is 5.08. The average Bonchev–Trinajstić information content (AvgIpc) is 2.53. The normalized spacial score (nSPS) is 13.2. The van der Waals surface area contributed by atoms with E-state index in [0.29, 0.717) is 9.49 Å². The van der Waals surface area contributed by atoms with Gasteiger partial charge in [0.05, 0.1) is 0 Å². The largest absolute Gasteiger partial charge is 0.149 e. The van der Waals surface area contributed by atoms with Crippen molar-refractivity contribution in [1.82, 2.24) is 0 Å². The summed E-state index contributed by atoms with van der Waals surface area (Å²) in [6, 6.07) is 0. The highest BCUT2D eigenvalue weighted by molar-refractivity contribution is 8.01. The molecule has 0 aliphatic carbocycles. The summed E-state index contributed by atoms with van der Waals surface area (Å²) in [7, 11) is 0. The fraction of sp³-hybridized carbons (Fsp3) is 1.00. The Bertz CT molecular complexity index is 259. The highest BCUT2D eigenvalue weighted by Crippen LogP contribution is 2.49. The maximum atomic E-state index is 2.55. The van der Waals surface area contributed by atoms with Crippen LogP contribution in [0.25, 0.3) is 0 Å². The molecule has 1 heteroatoms. The van der Waals surface area contributed by atoms with Gasteiger partial charge in [0.15, 0.2) is 0 Å². The van der Waals surface area contributed by atoms with Crippen molar-refractivity contribution in [1.29, 1.82) is 0 Å². The minimum atomic E-state index is 0.393. The van der Waals surface area contributed by atoms with E-state index in [1.165, 1.54) is 77.0 Å². The summed E-state index contributed by atoms with van der Waals surface area (Å²) < 4.78 is 0.787. The van der Waals surface area contributed by atoms with Gasteiger partial charge in [-0.3, -0.25) is 0 Å². The predicted octanol–water partition coefficient (Wildman–Crippen LogP) is 9.27. The molecule has 0 saturated heterocycles. The zero-order chi connectivity index (χ0) is 19.3. The summed E-state index contributed by atoms with van der Waals surface area (Å²) in [5.41, 5.74) is 0. The molecule has 0 heterocycles. The van der Waals surface area contributed by atoms with Crippen molar-refractivity contribution >= 4 is 11.8 Å². The van der Waals surface area contributed by atoms with Crippen molar-refractivity contribution in [3.8, 4) is 0 Å². The summed E-state index contributed by atoms with van der Waals surface area (Å²) >= 11 is 2.32. The maximum Gasteiger partial charge on any atom is 0.0137 e. The molecule has 0 rings (SSSR count). The van der Waals surface area contributed by atoms with Crippen LogP contribution in [0.5, 0.6) is 0 Å². The molecule has 0 fully saturated rings. The monoisotopic (exact) mass is 370 g/mol. The molecule has 0 aliphatic heterocycles. The second kappa shape index (κ2) is 13.5. The molecule has 0 bridgehead atoms. The smallest absolute Gasteiger partial charge is 0.0137 e. The third kappa shape index (κ3) is 10.3. The zero-order valence-electron chi connectivity index (χ0n) is 19.0. The van der Waals surface area contributed by atoms with Gasteiger partial charge in [-0.25, -0.2) is 0 Å². The van der Waals surface area contributed by atoms with Crippen LogP contribution in [0, 0.1) is 11.8 Å². The van der Waals surface area contributed by atoms with Crippen molar-refractivity contribution < 1.29 is 0 Å². The zero-order valence-corrected chi connectivity index (χ0v) is 19.9. The van der Waals surface area contributed by atoms with Crippen LogP contribution >= 0.6 is 11.8 Å². The molecule has 0 aromatic rings. The fourth-order valence-corrected chi connectivity index (χ4v) is 6.49. The van der Waals surface area contributed by atoms with Crippen LogP contribution in [0.1, 0.15) is 132 Å². The van der Waals surface area contributed by atoms with Crippen LogP contribution in [-0.2, 0) is 0 Å². The van der Waals surface area contributed by atoms with E-state index in [4.69, 9.17) is 0 Å². The molecule has 0 amide bonds. The predicted molar refractivity (Wildman–Crippen MR) is 121 cm³/mol. The summed E-state index contributed by atoms with van der Waals surface area (Å²) in [5, 5.41) is 0. The van der Waals surface area contributed by atoms with Gasteiger partial charge in [-0.15, -0.1) is 11.8 Å². The highest BCUT2D eigenvalue weighted by atomic mass is 32.2. The van der Waals surface area contributed by atoms with Gasteiger partial charge in [0.2, 0.25) is 0 Å². The van der Waals surface area contributed by atoms with Crippen molar-refractivity contribution in [3.05, 3.63) is 0 Å². The van der Waals surface area contributed by atoms with E-state index in [1.807, 2.05) is 0 Å². The summed E-state index contributed by atoms with van der Waals surface area (Å²) in [5.74, 6) is 1.74. The molecule has 0 aromatic carbocycles. The Morgan fingerprint density at radius 1 is 0.520 bits per heavy atom. The van der Waals surface area contributed by atoms with Crippen LogP contribution in [0.4, 0.5) is 0 Å². The number of hydrogen-bond acceptors (Lipinski definition) is 1. The second-order valence-electron chi connectivity index (χ2n) is 9.27. The third-order valence-corrected chi connectivity index (χ3v) is 7.84. The Hall–Kier alpha value is 0.350. The highest BCUT2D eigenvalue weighted by Gasteiger charge is 2.38. The van der Waals surface area contributed by atoms with Gasteiger partial charge in [-0.1, -0.05) is 107 Å². The Morgan fingerprint density at radius 3 is 0.960 bits per heavy atom. The Labute approximate surface area is 165 Å². The topological polar surface area (TPSA) is 0 Å². The molecule has 0 atom stereocenters. The third-order valence-electron chi connectivity index (χ3n) is 6.12. The molecule has 0 saturated carbocycles. The minimum Gasteiger partial charge on any atom is -0.149 e. The molecule has 0 unspecified atom stereocenters. The number of unbranched alkanes of at least 4 members (excludes halogenated alkanes) is 4. The lowest BCUT2D eigenvalue weighted by molar-refractivity contribution is 0.325.